The van der Waals surface area contributed by atoms with Gasteiger partial charge in [-0.1, -0.05) is 23.5 Å². The molecular formula is C22H20N4O2S. The van der Waals surface area contributed by atoms with Crippen molar-refractivity contribution in [3.8, 4) is 0 Å². The molecule has 1 saturated carbocycles. The lowest BCUT2D eigenvalue weighted by Gasteiger charge is -2.18. The topological polar surface area (TPSA) is 71.3 Å². The SMILES string of the molecule is O=C(NCCC1C2CN(c3nc4ccccc4s3)CC12)c1cc2ccncc2o1. The number of pyridine rings is 1. The molecule has 7 heteroatoms. The van der Waals surface area contributed by atoms with Crippen LogP contribution in [0.2, 0.25) is 0 Å². The van der Waals surface area contributed by atoms with Crippen LogP contribution in [0.1, 0.15) is 17.0 Å². The summed E-state index contributed by atoms with van der Waals surface area (Å²) in [6, 6.07) is 11.9. The largest absolute Gasteiger partial charge is 0.449 e. The van der Waals surface area contributed by atoms with E-state index in [0.717, 1.165) is 47.4 Å². The van der Waals surface area contributed by atoms with Crippen LogP contribution in [0.5, 0.6) is 0 Å². The molecule has 29 heavy (non-hydrogen) atoms. The van der Waals surface area contributed by atoms with E-state index in [1.165, 1.54) is 4.70 Å². The van der Waals surface area contributed by atoms with Crippen LogP contribution in [0.3, 0.4) is 0 Å². The van der Waals surface area contributed by atoms with Crippen LogP contribution in [-0.2, 0) is 0 Å². The van der Waals surface area contributed by atoms with Crippen molar-refractivity contribution in [3.63, 3.8) is 0 Å². The first-order chi connectivity index (χ1) is 14.3. The molecule has 1 aliphatic carbocycles. The number of anilines is 1. The number of hydrogen-bond donors (Lipinski definition) is 1. The van der Waals surface area contributed by atoms with E-state index in [-0.39, 0.29) is 5.91 Å². The Bertz CT molecular complexity index is 1140. The summed E-state index contributed by atoms with van der Waals surface area (Å²) < 4.78 is 6.83. The Morgan fingerprint density at radius 2 is 2.10 bits per heavy atom. The number of aromatic nitrogens is 2. The summed E-state index contributed by atoms with van der Waals surface area (Å²) in [6.07, 6.45) is 4.36. The Balaban J connectivity index is 1.01. The van der Waals surface area contributed by atoms with Gasteiger partial charge in [-0.3, -0.25) is 9.78 Å². The number of para-hydroxylation sites is 1. The number of carbonyl (C=O) groups is 1. The van der Waals surface area contributed by atoms with Crippen molar-refractivity contribution in [2.24, 2.45) is 17.8 Å². The molecule has 1 N–H and O–H groups in total. The van der Waals surface area contributed by atoms with Gasteiger partial charge >= 0.3 is 0 Å². The molecule has 146 valence electrons. The minimum absolute atomic E-state index is 0.150. The molecule has 2 atom stereocenters. The van der Waals surface area contributed by atoms with E-state index in [1.54, 1.807) is 29.8 Å². The van der Waals surface area contributed by atoms with Gasteiger partial charge in [0.25, 0.3) is 5.91 Å². The fourth-order valence-electron chi connectivity index (χ4n) is 4.66. The number of fused-ring (bicyclic) bond motifs is 3. The van der Waals surface area contributed by atoms with Gasteiger partial charge in [-0.15, -0.1) is 0 Å². The van der Waals surface area contributed by atoms with Gasteiger partial charge in [0.05, 0.1) is 16.4 Å². The minimum atomic E-state index is -0.150. The number of carbonyl (C=O) groups excluding carboxylic acids is 1. The molecule has 0 bridgehead atoms. The summed E-state index contributed by atoms with van der Waals surface area (Å²) in [4.78, 5) is 23.6. The van der Waals surface area contributed by atoms with Crippen LogP contribution in [0.25, 0.3) is 21.2 Å². The van der Waals surface area contributed by atoms with Gasteiger partial charge in [0.15, 0.2) is 16.5 Å². The van der Waals surface area contributed by atoms with Crippen molar-refractivity contribution in [3.05, 3.63) is 54.6 Å². The summed E-state index contributed by atoms with van der Waals surface area (Å²) in [5.41, 5.74) is 1.73. The quantitative estimate of drug-likeness (QED) is 0.546. The third-order valence-electron chi connectivity index (χ3n) is 6.23. The number of furan rings is 1. The summed E-state index contributed by atoms with van der Waals surface area (Å²) >= 11 is 1.78. The highest BCUT2D eigenvalue weighted by Gasteiger charge is 2.55. The number of rotatable bonds is 5. The van der Waals surface area contributed by atoms with Crippen LogP contribution in [0.15, 0.2) is 53.2 Å². The predicted molar refractivity (Wildman–Crippen MR) is 113 cm³/mol. The van der Waals surface area contributed by atoms with Crippen LogP contribution in [0, 0.1) is 17.8 Å². The molecule has 1 aromatic carbocycles. The molecule has 2 unspecified atom stereocenters. The highest BCUT2D eigenvalue weighted by Crippen LogP contribution is 2.54. The molecule has 3 aromatic heterocycles. The van der Waals surface area contributed by atoms with Gasteiger partial charge in [-0.2, -0.15) is 0 Å². The Labute approximate surface area is 171 Å². The van der Waals surface area contributed by atoms with Crippen molar-refractivity contribution in [1.29, 1.82) is 0 Å². The Morgan fingerprint density at radius 1 is 1.24 bits per heavy atom. The van der Waals surface area contributed by atoms with E-state index >= 15 is 0 Å². The lowest BCUT2D eigenvalue weighted by molar-refractivity contribution is 0.0926. The molecule has 1 amide bonds. The maximum absolute atomic E-state index is 12.3. The molecule has 6 nitrogen and oxygen atoms in total. The molecular weight excluding hydrogens is 384 g/mol. The maximum atomic E-state index is 12.3. The lowest BCUT2D eigenvalue weighted by atomic mass is 10.2. The van der Waals surface area contributed by atoms with E-state index in [2.05, 4.69) is 33.4 Å². The third-order valence-corrected chi connectivity index (χ3v) is 7.33. The molecule has 4 aromatic rings. The second-order valence-corrected chi connectivity index (χ2v) is 8.94. The number of amides is 1. The minimum Gasteiger partial charge on any atom is -0.449 e. The Hall–Kier alpha value is -2.93. The normalized spacial score (nSPS) is 22.9. The summed E-state index contributed by atoms with van der Waals surface area (Å²) in [6.45, 7) is 2.85. The first-order valence-corrected chi connectivity index (χ1v) is 10.8. The lowest BCUT2D eigenvalue weighted by Crippen LogP contribution is -2.27. The van der Waals surface area contributed by atoms with Crippen molar-refractivity contribution < 1.29 is 9.21 Å². The Kier molecular flexibility index (Phi) is 3.84. The molecule has 1 saturated heterocycles. The average molecular weight is 404 g/mol. The second kappa shape index (κ2) is 6.56. The number of hydrogen-bond acceptors (Lipinski definition) is 6. The van der Waals surface area contributed by atoms with Crippen LogP contribution in [-0.4, -0.2) is 35.5 Å². The van der Waals surface area contributed by atoms with E-state index < -0.39 is 0 Å². The number of piperidine rings is 1. The number of benzene rings is 1. The van der Waals surface area contributed by atoms with E-state index in [0.29, 0.717) is 23.8 Å². The van der Waals surface area contributed by atoms with Gasteiger partial charge < -0.3 is 14.6 Å². The zero-order chi connectivity index (χ0) is 19.4. The summed E-state index contributed by atoms with van der Waals surface area (Å²) in [5.74, 6) is 2.38. The fourth-order valence-corrected chi connectivity index (χ4v) is 5.65. The fraction of sp³-hybridized carbons (Fsp3) is 0.318. The van der Waals surface area contributed by atoms with E-state index in [1.807, 2.05) is 12.1 Å². The number of nitrogens with one attached hydrogen (secondary N) is 1. The summed E-state index contributed by atoms with van der Waals surface area (Å²) in [7, 11) is 0. The van der Waals surface area contributed by atoms with Crippen molar-refractivity contribution in [1.82, 2.24) is 15.3 Å². The predicted octanol–water partition coefficient (Wildman–Crippen LogP) is 3.94. The van der Waals surface area contributed by atoms with Crippen molar-refractivity contribution in [2.75, 3.05) is 24.5 Å². The van der Waals surface area contributed by atoms with Gasteiger partial charge in [0, 0.05) is 31.2 Å². The molecule has 2 fully saturated rings. The maximum Gasteiger partial charge on any atom is 0.287 e. The zero-order valence-electron chi connectivity index (χ0n) is 15.7. The smallest absolute Gasteiger partial charge is 0.287 e. The van der Waals surface area contributed by atoms with Gasteiger partial charge in [0.2, 0.25) is 0 Å². The highest BCUT2D eigenvalue weighted by molar-refractivity contribution is 7.22. The first kappa shape index (κ1) is 17.0. The highest BCUT2D eigenvalue weighted by atomic mass is 32.1. The standard InChI is InChI=1S/C22H20N4O2S/c27-21(18-9-13-5-7-23-10-19(13)28-18)24-8-6-14-15-11-26(12-16(14)15)22-25-17-3-1-2-4-20(17)29-22/h1-5,7,9-10,14-16H,6,8,11-12H2,(H,24,27). The van der Waals surface area contributed by atoms with Crippen LogP contribution >= 0.6 is 11.3 Å². The van der Waals surface area contributed by atoms with Crippen molar-refractivity contribution >= 4 is 43.6 Å². The van der Waals surface area contributed by atoms with E-state index in [9.17, 15) is 4.79 Å². The van der Waals surface area contributed by atoms with Gasteiger partial charge in [0.1, 0.15) is 0 Å². The van der Waals surface area contributed by atoms with E-state index in [4.69, 9.17) is 9.40 Å². The molecule has 0 spiro atoms. The van der Waals surface area contributed by atoms with Crippen LogP contribution < -0.4 is 10.2 Å². The molecule has 2 aliphatic rings. The molecule has 1 aliphatic heterocycles. The monoisotopic (exact) mass is 404 g/mol. The van der Waals surface area contributed by atoms with Gasteiger partial charge in [-0.05, 0) is 48.4 Å². The second-order valence-electron chi connectivity index (χ2n) is 7.93. The molecule has 6 rings (SSSR count). The first-order valence-electron chi connectivity index (χ1n) is 9.98. The number of nitrogens with zero attached hydrogens (tertiary/aromatic N) is 3. The number of thiazole rings is 1. The van der Waals surface area contributed by atoms with Crippen molar-refractivity contribution in [2.45, 2.75) is 6.42 Å². The molecule has 0 radical (unpaired) electrons. The Morgan fingerprint density at radius 3 is 2.93 bits per heavy atom. The molecule has 4 heterocycles. The average Bonchev–Trinajstić information content (AvgIpc) is 3.20. The van der Waals surface area contributed by atoms with Crippen LogP contribution in [0.4, 0.5) is 5.13 Å². The summed E-state index contributed by atoms with van der Waals surface area (Å²) in [5, 5.41) is 5.05. The van der Waals surface area contributed by atoms with Gasteiger partial charge in [-0.25, -0.2) is 4.98 Å². The third kappa shape index (κ3) is 2.97. The zero-order valence-corrected chi connectivity index (χ0v) is 16.6.